The van der Waals surface area contributed by atoms with Gasteiger partial charge in [-0.2, -0.15) is 0 Å². The number of rotatable bonds is 5. The Labute approximate surface area is 164 Å². The van der Waals surface area contributed by atoms with Gasteiger partial charge in [-0.25, -0.2) is 8.42 Å². The van der Waals surface area contributed by atoms with Gasteiger partial charge < -0.3 is 19.5 Å². The van der Waals surface area contributed by atoms with E-state index in [1.165, 1.54) is 13.2 Å². The summed E-state index contributed by atoms with van der Waals surface area (Å²) in [5.41, 5.74) is 0.640. The molecule has 2 unspecified atom stereocenters. The maximum absolute atomic E-state index is 12.8. The van der Waals surface area contributed by atoms with Crippen molar-refractivity contribution in [1.82, 2.24) is 14.8 Å². The number of amides is 2. The zero-order chi connectivity index (χ0) is 20.5. The lowest BCUT2D eigenvalue weighted by Crippen LogP contribution is -2.49. The first-order valence-corrected chi connectivity index (χ1v) is 10.8. The van der Waals surface area contributed by atoms with E-state index in [1.54, 1.807) is 33.7 Å². The number of hydrogen-bond donors (Lipinski definition) is 1. The van der Waals surface area contributed by atoms with Crippen molar-refractivity contribution in [2.24, 2.45) is 0 Å². The van der Waals surface area contributed by atoms with Crippen LogP contribution in [0.2, 0.25) is 0 Å². The lowest BCUT2D eigenvalue weighted by atomic mass is 10.2. The summed E-state index contributed by atoms with van der Waals surface area (Å²) in [5.74, 6) is -1.31. The monoisotopic (exact) mass is 407 g/mol. The average molecular weight is 407 g/mol. The molecule has 1 aromatic heterocycles. The molecule has 3 rings (SSSR count). The molecule has 8 nitrogen and oxygen atoms in total. The number of carbonyl (C=O) groups is 2. The quantitative estimate of drug-likeness (QED) is 0.791. The number of morpholine rings is 1. The predicted molar refractivity (Wildman–Crippen MR) is 105 cm³/mol. The van der Waals surface area contributed by atoms with Crippen LogP contribution in [0.5, 0.6) is 0 Å². The molecule has 1 N–H and O–H groups in total. The summed E-state index contributed by atoms with van der Waals surface area (Å²) in [5, 5.41) is 2.83. The fraction of sp³-hybridized carbons (Fsp3) is 0.474. The summed E-state index contributed by atoms with van der Waals surface area (Å²) in [6.45, 7) is 4.87. The number of aromatic nitrogens is 1. The third kappa shape index (κ3) is 4.20. The van der Waals surface area contributed by atoms with Gasteiger partial charge in [-0.1, -0.05) is 18.2 Å². The molecule has 1 fully saturated rings. The highest BCUT2D eigenvalue weighted by Crippen LogP contribution is 2.26. The van der Waals surface area contributed by atoms with Crippen LogP contribution < -0.4 is 5.32 Å². The minimum atomic E-state index is -3.83. The van der Waals surface area contributed by atoms with Crippen LogP contribution in [0, 0.1) is 0 Å². The second kappa shape index (κ2) is 7.92. The van der Waals surface area contributed by atoms with E-state index in [2.05, 4.69) is 5.32 Å². The van der Waals surface area contributed by atoms with Crippen molar-refractivity contribution in [3.05, 3.63) is 30.5 Å². The minimum absolute atomic E-state index is 0.0233. The van der Waals surface area contributed by atoms with Gasteiger partial charge in [0.25, 0.3) is 0 Å². The predicted octanol–water partition coefficient (Wildman–Crippen LogP) is 0.797. The van der Waals surface area contributed by atoms with Gasteiger partial charge in [0.15, 0.2) is 9.84 Å². The fourth-order valence-electron chi connectivity index (χ4n) is 3.54. The second-order valence-electron chi connectivity index (χ2n) is 7.13. The van der Waals surface area contributed by atoms with Gasteiger partial charge in [0.2, 0.25) is 11.8 Å². The van der Waals surface area contributed by atoms with E-state index in [0.717, 1.165) is 0 Å². The minimum Gasteiger partial charge on any atom is -0.372 e. The van der Waals surface area contributed by atoms with Crippen molar-refractivity contribution >= 4 is 32.6 Å². The van der Waals surface area contributed by atoms with Crippen LogP contribution in [0.1, 0.15) is 13.8 Å². The Morgan fingerprint density at radius 1 is 1.18 bits per heavy atom. The molecule has 2 aromatic rings. The SMILES string of the molecule is CNC(=O)CS(=O)(=O)c1cn(CC(=O)N2CC(C)OC(C)C2)c2ccccc12. The van der Waals surface area contributed by atoms with Gasteiger partial charge in [0.05, 0.1) is 17.1 Å². The lowest BCUT2D eigenvalue weighted by molar-refractivity contribution is -0.143. The van der Waals surface area contributed by atoms with Crippen LogP contribution in [-0.2, 0) is 30.7 Å². The molecule has 1 saturated heterocycles. The normalized spacial score (nSPS) is 20.3. The first-order chi connectivity index (χ1) is 13.2. The molecule has 1 aliphatic rings. The molecule has 0 bridgehead atoms. The van der Waals surface area contributed by atoms with E-state index >= 15 is 0 Å². The maximum atomic E-state index is 12.8. The van der Waals surface area contributed by atoms with Crippen molar-refractivity contribution < 1.29 is 22.7 Å². The van der Waals surface area contributed by atoms with Crippen molar-refractivity contribution in [3.8, 4) is 0 Å². The van der Waals surface area contributed by atoms with E-state index in [1.807, 2.05) is 13.8 Å². The molecule has 1 aliphatic heterocycles. The molecule has 9 heteroatoms. The fourth-order valence-corrected chi connectivity index (χ4v) is 4.98. The van der Waals surface area contributed by atoms with E-state index < -0.39 is 21.5 Å². The Morgan fingerprint density at radius 3 is 2.46 bits per heavy atom. The van der Waals surface area contributed by atoms with Crippen LogP contribution in [0.4, 0.5) is 0 Å². The molecule has 2 amide bonds. The van der Waals surface area contributed by atoms with Crippen LogP contribution >= 0.6 is 0 Å². The van der Waals surface area contributed by atoms with Gasteiger partial charge in [0.1, 0.15) is 12.3 Å². The van der Waals surface area contributed by atoms with E-state index in [9.17, 15) is 18.0 Å². The largest absolute Gasteiger partial charge is 0.372 e. The molecule has 2 heterocycles. The van der Waals surface area contributed by atoms with E-state index in [4.69, 9.17) is 4.74 Å². The summed E-state index contributed by atoms with van der Waals surface area (Å²) in [4.78, 5) is 26.2. The number of sulfone groups is 1. The third-order valence-electron chi connectivity index (χ3n) is 4.76. The average Bonchev–Trinajstić information content (AvgIpc) is 3.00. The van der Waals surface area contributed by atoms with Gasteiger partial charge in [-0.05, 0) is 19.9 Å². The van der Waals surface area contributed by atoms with E-state index in [0.29, 0.717) is 24.0 Å². The number of ether oxygens (including phenoxy) is 1. The van der Waals surface area contributed by atoms with Crippen molar-refractivity contribution in [3.63, 3.8) is 0 Å². The Morgan fingerprint density at radius 2 is 1.82 bits per heavy atom. The number of benzene rings is 1. The summed E-state index contributed by atoms with van der Waals surface area (Å²) >= 11 is 0. The third-order valence-corrected chi connectivity index (χ3v) is 6.40. The topological polar surface area (TPSA) is 97.7 Å². The molecule has 152 valence electrons. The molecule has 1 aromatic carbocycles. The number of hydrogen-bond acceptors (Lipinski definition) is 5. The molecular weight excluding hydrogens is 382 g/mol. The van der Waals surface area contributed by atoms with Gasteiger partial charge in [-0.15, -0.1) is 0 Å². The van der Waals surface area contributed by atoms with Gasteiger partial charge >= 0.3 is 0 Å². The van der Waals surface area contributed by atoms with Crippen LogP contribution in [0.15, 0.2) is 35.4 Å². The number of para-hydroxylation sites is 1. The first-order valence-electron chi connectivity index (χ1n) is 9.15. The standard InChI is InChI=1S/C19H25N3O5S/c1-13-8-22(9-14(2)27-13)19(24)11-21-10-17(15-6-4-5-7-16(15)21)28(25,26)12-18(23)20-3/h4-7,10,13-14H,8-9,11-12H2,1-3H3,(H,20,23). The maximum Gasteiger partial charge on any atom is 0.242 e. The van der Waals surface area contributed by atoms with Gasteiger partial charge in [-0.3, -0.25) is 9.59 Å². The zero-order valence-corrected chi connectivity index (χ0v) is 17.0. The number of carbonyl (C=O) groups excluding carboxylic acids is 2. The Kier molecular flexibility index (Phi) is 5.76. The molecular formula is C19H25N3O5S. The Bertz CT molecular complexity index is 988. The highest BCUT2D eigenvalue weighted by atomic mass is 32.2. The van der Waals surface area contributed by atoms with Crippen molar-refractivity contribution in [1.29, 1.82) is 0 Å². The molecule has 0 radical (unpaired) electrons. The summed E-state index contributed by atoms with van der Waals surface area (Å²) in [7, 11) is -2.44. The van der Waals surface area contributed by atoms with Gasteiger partial charge in [0, 0.05) is 37.2 Å². The van der Waals surface area contributed by atoms with E-state index in [-0.39, 0.29) is 29.6 Å². The first kappa shape index (κ1) is 20.3. The van der Waals surface area contributed by atoms with Crippen LogP contribution in [0.25, 0.3) is 10.9 Å². The highest BCUT2D eigenvalue weighted by molar-refractivity contribution is 7.92. The smallest absolute Gasteiger partial charge is 0.242 e. The Balaban J connectivity index is 1.92. The molecule has 0 aliphatic carbocycles. The van der Waals surface area contributed by atoms with Crippen LogP contribution in [0.3, 0.4) is 0 Å². The highest BCUT2D eigenvalue weighted by Gasteiger charge is 2.28. The number of nitrogens with zero attached hydrogens (tertiary/aromatic N) is 2. The van der Waals surface area contributed by atoms with Crippen LogP contribution in [-0.4, -0.2) is 67.8 Å². The molecule has 2 atom stereocenters. The second-order valence-corrected chi connectivity index (χ2v) is 9.08. The zero-order valence-electron chi connectivity index (χ0n) is 16.2. The summed E-state index contributed by atoms with van der Waals surface area (Å²) in [6.07, 6.45) is 1.36. The number of nitrogens with one attached hydrogen (secondary N) is 1. The van der Waals surface area contributed by atoms with Crippen molar-refractivity contribution in [2.75, 3.05) is 25.9 Å². The molecule has 28 heavy (non-hydrogen) atoms. The molecule has 0 spiro atoms. The summed E-state index contributed by atoms with van der Waals surface area (Å²) in [6, 6.07) is 6.98. The Hall–Kier alpha value is -2.39. The summed E-state index contributed by atoms with van der Waals surface area (Å²) < 4.78 is 32.7. The molecule has 0 saturated carbocycles. The lowest BCUT2D eigenvalue weighted by Gasteiger charge is -2.35. The number of fused-ring (bicyclic) bond motifs is 1. The van der Waals surface area contributed by atoms with Crippen molar-refractivity contribution in [2.45, 2.75) is 37.5 Å².